The molecule has 1 aliphatic carbocycles. The van der Waals surface area contributed by atoms with Gasteiger partial charge >= 0.3 is 6.03 Å². The van der Waals surface area contributed by atoms with E-state index in [0.717, 1.165) is 42.4 Å². The number of anilines is 3. The molecule has 44 heavy (non-hydrogen) atoms. The molecule has 2 aromatic carbocycles. The van der Waals surface area contributed by atoms with Gasteiger partial charge in [-0.05, 0) is 80.5 Å². The molecule has 0 saturated heterocycles. The topological polar surface area (TPSA) is 139 Å². The molecule has 2 aromatic heterocycles. The fourth-order valence-electron chi connectivity index (χ4n) is 5.80. The molecule has 10 nitrogen and oxygen atoms in total. The average Bonchev–Trinajstić information content (AvgIpc) is 3.40. The first-order chi connectivity index (χ1) is 21.4. The number of thiophene rings is 1. The van der Waals surface area contributed by atoms with Crippen molar-refractivity contribution in [1.29, 1.82) is 0 Å². The lowest BCUT2D eigenvalue weighted by Crippen LogP contribution is -2.39. The van der Waals surface area contributed by atoms with Gasteiger partial charge < -0.3 is 26.4 Å². The van der Waals surface area contributed by atoms with Crippen LogP contribution in [0.15, 0.2) is 72.9 Å². The molecule has 2 aliphatic rings. The van der Waals surface area contributed by atoms with Gasteiger partial charge in [0.15, 0.2) is 0 Å². The van der Waals surface area contributed by atoms with Crippen molar-refractivity contribution in [2.45, 2.75) is 38.6 Å². The third kappa shape index (κ3) is 6.15. The van der Waals surface area contributed by atoms with Crippen LogP contribution in [0.2, 0.25) is 0 Å². The van der Waals surface area contributed by atoms with Crippen molar-refractivity contribution in [2.75, 3.05) is 23.3 Å². The van der Waals surface area contributed by atoms with Gasteiger partial charge in [-0.2, -0.15) is 0 Å². The van der Waals surface area contributed by atoms with Gasteiger partial charge in [0.25, 0.3) is 5.91 Å². The number of benzene rings is 2. The molecule has 5 N–H and O–H groups in total. The van der Waals surface area contributed by atoms with Crippen molar-refractivity contribution in [2.24, 2.45) is 11.7 Å². The number of pyridine rings is 1. The highest BCUT2D eigenvalue weighted by atomic mass is 32.1. The number of amides is 4. The van der Waals surface area contributed by atoms with Crippen molar-refractivity contribution in [3.05, 3.63) is 83.4 Å². The summed E-state index contributed by atoms with van der Waals surface area (Å²) in [5.41, 5.74) is 8.14. The Morgan fingerprint density at radius 3 is 2.64 bits per heavy atom. The fourth-order valence-corrected chi connectivity index (χ4v) is 6.84. The molecule has 6 rings (SSSR count). The zero-order valence-electron chi connectivity index (χ0n) is 24.3. The van der Waals surface area contributed by atoms with Gasteiger partial charge in [0.2, 0.25) is 5.91 Å². The number of urea groups is 1. The number of ether oxygens (including phenoxy) is 1. The first-order valence-corrected chi connectivity index (χ1v) is 15.5. The minimum absolute atomic E-state index is 0.122. The maximum Gasteiger partial charge on any atom is 0.331 e. The minimum Gasteiger partial charge on any atom is -0.457 e. The summed E-state index contributed by atoms with van der Waals surface area (Å²) in [6.45, 7) is 2.79. The Balaban J connectivity index is 1.15. The molecule has 4 amide bonds. The van der Waals surface area contributed by atoms with Crippen molar-refractivity contribution >= 4 is 56.5 Å². The summed E-state index contributed by atoms with van der Waals surface area (Å²) in [6.07, 6.45) is 8.28. The number of para-hydroxylation sites is 1. The van der Waals surface area contributed by atoms with Crippen LogP contribution < -0.4 is 31.3 Å². The van der Waals surface area contributed by atoms with Crippen LogP contribution >= 0.6 is 11.3 Å². The summed E-state index contributed by atoms with van der Waals surface area (Å²) in [4.78, 5) is 46.2. The van der Waals surface area contributed by atoms with E-state index in [1.165, 1.54) is 17.4 Å². The molecular weight excluding hydrogens is 576 g/mol. The summed E-state index contributed by atoms with van der Waals surface area (Å²) >= 11 is 1.27. The Morgan fingerprint density at radius 2 is 1.89 bits per heavy atom. The lowest BCUT2D eigenvalue weighted by Gasteiger charge is -2.30. The normalized spacial score (nSPS) is 17.9. The standard InChI is InChI=1S/C33H34N6O4S/c1-20-18-24(43-23-6-3-2-4-7-23)13-14-25(20)39-26-15-17-35-32-28(26)29(38-33(39)42)30(44-32)31(41)36-19-21-9-11-22(12-10-21)37-27(40)8-5-16-34/h2-8,13-15,17-18,21-22H,9-12,16,19,34H2,1H3,(H,36,41)(H,37,40)(H,38,42)/b8-5+. The highest BCUT2D eigenvalue weighted by Gasteiger charge is 2.33. The first-order valence-electron chi connectivity index (χ1n) is 14.7. The van der Waals surface area contributed by atoms with E-state index in [2.05, 4.69) is 20.9 Å². The molecule has 0 atom stereocenters. The second-order valence-corrected chi connectivity index (χ2v) is 12.0. The van der Waals surface area contributed by atoms with Gasteiger partial charge in [-0.3, -0.25) is 14.5 Å². The van der Waals surface area contributed by atoms with Gasteiger partial charge in [-0.25, -0.2) is 9.78 Å². The molecule has 4 aromatic rings. The van der Waals surface area contributed by atoms with E-state index in [-0.39, 0.29) is 23.9 Å². The highest BCUT2D eigenvalue weighted by molar-refractivity contribution is 7.21. The maximum atomic E-state index is 13.6. The van der Waals surface area contributed by atoms with Crippen molar-refractivity contribution in [1.82, 2.24) is 15.6 Å². The molecule has 1 saturated carbocycles. The Bertz CT molecular complexity index is 1730. The van der Waals surface area contributed by atoms with Gasteiger partial charge in [-0.1, -0.05) is 24.3 Å². The SMILES string of the molecule is Cc1cc(Oc2ccccc2)ccc1N1C(=O)Nc2c(C(=O)NCC3CCC(NC(=O)/C=C/CN)CC3)sc3nccc1c23. The molecular formula is C33H34N6O4S. The Hall–Kier alpha value is -4.74. The van der Waals surface area contributed by atoms with E-state index in [4.69, 9.17) is 10.5 Å². The van der Waals surface area contributed by atoms with E-state index in [1.807, 2.05) is 55.5 Å². The van der Waals surface area contributed by atoms with E-state index < -0.39 is 0 Å². The molecule has 11 heteroatoms. The molecule has 226 valence electrons. The monoisotopic (exact) mass is 610 g/mol. The summed E-state index contributed by atoms with van der Waals surface area (Å²) < 4.78 is 5.98. The summed E-state index contributed by atoms with van der Waals surface area (Å²) in [6, 6.07) is 16.7. The average molecular weight is 611 g/mol. The zero-order chi connectivity index (χ0) is 30.6. The van der Waals surface area contributed by atoms with E-state index in [9.17, 15) is 14.4 Å². The predicted molar refractivity (Wildman–Crippen MR) is 173 cm³/mol. The number of nitrogens with zero attached hydrogens (tertiary/aromatic N) is 2. The van der Waals surface area contributed by atoms with E-state index in [1.54, 1.807) is 23.2 Å². The predicted octanol–water partition coefficient (Wildman–Crippen LogP) is 6.00. The van der Waals surface area contributed by atoms with E-state index in [0.29, 0.717) is 51.5 Å². The molecule has 0 unspecified atom stereocenters. The largest absolute Gasteiger partial charge is 0.457 e. The lowest BCUT2D eigenvalue weighted by atomic mass is 9.86. The van der Waals surface area contributed by atoms with Crippen molar-refractivity contribution < 1.29 is 19.1 Å². The third-order valence-electron chi connectivity index (χ3n) is 7.99. The lowest BCUT2D eigenvalue weighted by molar-refractivity contribution is -0.117. The summed E-state index contributed by atoms with van der Waals surface area (Å²) in [5, 5.41) is 9.81. The quantitative estimate of drug-likeness (QED) is 0.172. The summed E-state index contributed by atoms with van der Waals surface area (Å²) in [5.74, 6) is 1.36. The molecule has 0 bridgehead atoms. The number of hydrogen-bond donors (Lipinski definition) is 4. The Kier molecular flexibility index (Phi) is 8.58. The number of aromatic nitrogens is 1. The second kappa shape index (κ2) is 12.9. The maximum absolute atomic E-state index is 13.6. The zero-order valence-corrected chi connectivity index (χ0v) is 25.2. The number of hydrogen-bond acceptors (Lipinski definition) is 7. The fraction of sp³-hybridized carbons (Fsp3) is 0.273. The molecule has 0 radical (unpaired) electrons. The van der Waals surface area contributed by atoms with Gasteiger partial charge in [0.1, 0.15) is 21.2 Å². The van der Waals surface area contributed by atoms with Gasteiger partial charge in [-0.15, -0.1) is 11.3 Å². The molecule has 1 aliphatic heterocycles. The molecule has 3 heterocycles. The smallest absolute Gasteiger partial charge is 0.331 e. The van der Waals surface area contributed by atoms with Crippen molar-refractivity contribution in [3.63, 3.8) is 0 Å². The van der Waals surface area contributed by atoms with Crippen LogP contribution in [0, 0.1) is 12.8 Å². The van der Waals surface area contributed by atoms with Gasteiger partial charge in [0.05, 0.1) is 22.4 Å². The van der Waals surface area contributed by atoms with Crippen LogP contribution in [-0.4, -0.2) is 42.0 Å². The van der Waals surface area contributed by atoms with Crippen LogP contribution in [0.3, 0.4) is 0 Å². The molecule has 0 spiro atoms. The Labute approximate surface area is 259 Å². The Morgan fingerprint density at radius 1 is 1.09 bits per heavy atom. The van der Waals surface area contributed by atoms with Crippen LogP contribution in [-0.2, 0) is 4.79 Å². The van der Waals surface area contributed by atoms with Gasteiger partial charge in [0, 0.05) is 31.4 Å². The highest BCUT2D eigenvalue weighted by Crippen LogP contribution is 2.46. The number of carbonyl (C=O) groups is 3. The number of nitrogens with two attached hydrogens (primary N) is 1. The number of carbonyl (C=O) groups excluding carboxylic acids is 3. The van der Waals surface area contributed by atoms with Crippen LogP contribution in [0.4, 0.5) is 21.9 Å². The second-order valence-electron chi connectivity index (χ2n) is 11.0. The number of rotatable bonds is 9. The van der Waals surface area contributed by atoms with Crippen molar-refractivity contribution in [3.8, 4) is 11.5 Å². The number of nitrogens with one attached hydrogen (secondary N) is 3. The van der Waals surface area contributed by atoms with E-state index >= 15 is 0 Å². The first kappa shape index (κ1) is 29.3. The minimum atomic E-state index is -0.348. The van der Waals surface area contributed by atoms with Crippen LogP contribution in [0.1, 0.15) is 40.9 Å². The summed E-state index contributed by atoms with van der Waals surface area (Å²) in [7, 11) is 0. The van der Waals surface area contributed by atoms with Crippen LogP contribution in [0.25, 0.3) is 10.2 Å². The molecule has 1 fully saturated rings. The van der Waals surface area contributed by atoms with Crippen LogP contribution in [0.5, 0.6) is 11.5 Å². The number of aryl methyl sites for hydroxylation is 1. The third-order valence-corrected chi connectivity index (χ3v) is 9.09.